The number of phenols is 1. The highest BCUT2D eigenvalue weighted by Gasteiger charge is 2.53. The van der Waals surface area contributed by atoms with Crippen molar-refractivity contribution in [3.8, 4) is 33.3 Å². The maximum absolute atomic E-state index is 14.7. The van der Waals surface area contributed by atoms with E-state index >= 15 is 0 Å². The molecule has 2 aromatic heterocycles. The minimum Gasteiger partial charge on any atom is -0.507 e. The fourth-order valence-corrected chi connectivity index (χ4v) is 10.5. The number of alkyl halides is 1. The Morgan fingerprint density at radius 3 is 2.44 bits per heavy atom. The van der Waals surface area contributed by atoms with Crippen LogP contribution in [0.2, 0.25) is 0 Å². The number of aliphatic hydroxyl groups is 1. The van der Waals surface area contributed by atoms with Crippen molar-refractivity contribution in [1.29, 1.82) is 0 Å². The van der Waals surface area contributed by atoms with Crippen LogP contribution >= 0.6 is 11.3 Å². The molecule has 3 heterocycles. The Kier molecular flexibility index (Phi) is 18.1. The number of β-amino-alcohol motifs (C(OH)–C–C–N with tert-alkyl or cyclic N) is 1. The summed E-state index contributed by atoms with van der Waals surface area (Å²) in [6.07, 6.45) is 2.79. The highest BCUT2D eigenvalue weighted by Crippen LogP contribution is 2.41. The number of nitrogens with one attached hydrogen (secondary N) is 5. The third-order valence-electron chi connectivity index (χ3n) is 14.4. The Labute approximate surface area is 461 Å². The number of carbonyl (C=O) groups excluding carboxylic acids is 7. The number of likely N-dealkylation sites (N-methyl/N-ethyl adjacent to an activating group) is 1. The number of aliphatic hydroxyl groups excluding tert-OH is 1. The molecule has 8 rings (SSSR count). The van der Waals surface area contributed by atoms with Gasteiger partial charge in [0, 0.05) is 69.8 Å². The molecule has 7 N–H and O–H groups in total. The van der Waals surface area contributed by atoms with Crippen molar-refractivity contribution in [3.63, 3.8) is 0 Å². The number of fused-ring (bicyclic) bond motifs is 1. The molecule has 0 radical (unpaired) electrons. The first kappa shape index (κ1) is 57.5. The van der Waals surface area contributed by atoms with Gasteiger partial charge in [0.1, 0.15) is 23.6 Å². The van der Waals surface area contributed by atoms with Gasteiger partial charge in [-0.2, -0.15) is 0 Å². The Hall–Kier alpha value is -7.72. The second-order valence-corrected chi connectivity index (χ2v) is 22.4. The van der Waals surface area contributed by atoms with Gasteiger partial charge in [0.25, 0.3) is 23.6 Å². The molecule has 4 atom stereocenters. The first-order valence-electron chi connectivity index (χ1n) is 26.6. The van der Waals surface area contributed by atoms with E-state index in [1.54, 1.807) is 51.5 Å². The number of aromatic nitrogens is 2. The lowest BCUT2D eigenvalue weighted by molar-refractivity contribution is -0.145. The van der Waals surface area contributed by atoms with Crippen LogP contribution in [0, 0.1) is 12.3 Å². The lowest BCUT2D eigenvalue weighted by atomic mass is 9.85. The molecule has 2 aliphatic carbocycles. The molecule has 22 heteroatoms. The highest BCUT2D eigenvalue weighted by molar-refractivity contribution is 7.13. The molecule has 20 nitrogen and oxygen atoms in total. The van der Waals surface area contributed by atoms with Crippen molar-refractivity contribution in [2.45, 2.75) is 122 Å². The van der Waals surface area contributed by atoms with E-state index in [1.807, 2.05) is 31.2 Å². The summed E-state index contributed by atoms with van der Waals surface area (Å²) in [4.78, 5) is 100. The molecule has 1 aliphatic heterocycles. The second-order valence-electron chi connectivity index (χ2n) is 21.5. The Morgan fingerprint density at radius 2 is 1.71 bits per heavy atom. The minimum absolute atomic E-state index is 0.0418. The molecule has 1 saturated heterocycles. The molecule has 0 bridgehead atoms. The molecule has 2 fully saturated rings. The molecule has 0 unspecified atom stereocenters. The Morgan fingerprint density at radius 1 is 0.949 bits per heavy atom. The largest absolute Gasteiger partial charge is 0.507 e. The van der Waals surface area contributed by atoms with E-state index in [1.165, 1.54) is 44.9 Å². The summed E-state index contributed by atoms with van der Waals surface area (Å²) in [6.45, 7) is 7.21. The van der Waals surface area contributed by atoms with E-state index in [2.05, 4.69) is 42.8 Å². The van der Waals surface area contributed by atoms with Crippen LogP contribution in [0.25, 0.3) is 21.8 Å². The van der Waals surface area contributed by atoms with E-state index in [4.69, 9.17) is 9.26 Å². The molecule has 0 spiro atoms. The summed E-state index contributed by atoms with van der Waals surface area (Å²) in [5.74, 6) is -3.16. The van der Waals surface area contributed by atoms with Gasteiger partial charge in [-0.25, -0.2) is 9.37 Å². The summed E-state index contributed by atoms with van der Waals surface area (Å²) in [6, 6.07) is 16.9. The molecule has 3 aliphatic rings. The lowest BCUT2D eigenvalue weighted by Gasteiger charge is -2.35. The topological polar surface area (TPSA) is 275 Å². The van der Waals surface area contributed by atoms with Gasteiger partial charge in [-0.3, -0.25) is 33.6 Å². The smallest absolute Gasteiger partial charge is 0.273 e. The maximum atomic E-state index is 14.7. The average molecular weight is 1110 g/mol. The Bertz CT molecular complexity index is 3080. The van der Waals surface area contributed by atoms with Gasteiger partial charge >= 0.3 is 0 Å². The molecule has 1 saturated carbocycles. The third-order valence-corrected chi connectivity index (χ3v) is 15.4. The number of hydrogen-bond acceptors (Lipinski definition) is 14. The minimum atomic E-state index is -2.01. The zero-order valence-electron chi connectivity index (χ0n) is 45.0. The number of ether oxygens (including phenoxy) is 1. The van der Waals surface area contributed by atoms with Gasteiger partial charge < -0.3 is 55.9 Å². The van der Waals surface area contributed by atoms with Crippen LogP contribution in [0.15, 0.2) is 76.8 Å². The zero-order valence-corrected chi connectivity index (χ0v) is 45.8. The number of phenolic OH excluding ortho intramolecular Hbond substituents is 1. The normalized spacial score (nSPS) is 17.5. The van der Waals surface area contributed by atoms with Gasteiger partial charge in [-0.05, 0) is 85.8 Å². The fraction of sp³-hybridized carbons (Fsp3) is 0.456. The predicted octanol–water partition coefficient (Wildman–Crippen LogP) is 5.45. The van der Waals surface area contributed by atoms with Crippen molar-refractivity contribution < 1.29 is 57.4 Å². The van der Waals surface area contributed by atoms with Crippen LogP contribution in [0.3, 0.4) is 0 Å². The van der Waals surface area contributed by atoms with E-state index < -0.39 is 52.9 Å². The Balaban J connectivity index is 0.742. The number of benzene rings is 3. The molecule has 79 heavy (non-hydrogen) atoms. The number of aromatic hydroxyl groups is 1. The van der Waals surface area contributed by atoms with Crippen molar-refractivity contribution in [2.75, 3.05) is 39.8 Å². The summed E-state index contributed by atoms with van der Waals surface area (Å²) in [5.41, 5.74) is 3.86. The number of rotatable bonds is 23. The van der Waals surface area contributed by atoms with Gasteiger partial charge in [0.05, 0.1) is 33.8 Å². The summed E-state index contributed by atoms with van der Waals surface area (Å²) in [7, 11) is 1.56. The van der Waals surface area contributed by atoms with Crippen molar-refractivity contribution in [2.24, 2.45) is 5.41 Å². The number of hydrogen-bond donors (Lipinski definition) is 7. The standard InChI is InChI=1S/C57H68FN9O11S/c1-33-49(79-32-62-33)36-14-15-37(29-61-52(73)43-27-38(68)30-67(43)54(75)50(56(2,3)4)64-55(76)57(58)20-21-57)45(26-36)77-31-48(71)59-22-10-6-7-13-47(70)60-23-24-66(5)53(74)40-18-16-35(25-44(40)69)46-28-42(65-78-46)51(72)63-41-19-17-34-11-8-9-12-39(34)41/h8-9,11-12,14-16,18,25-26,28,32,38,41,43,50,68-69H,6-7,10,13,17,19-24,27,29-31H2,1-5H3,(H,59,71)(H,60,70)(H,61,73)(H,63,72)(H,64,76)/t38-,41-,43+,50-/m1/s1. The predicted molar refractivity (Wildman–Crippen MR) is 290 cm³/mol. The monoisotopic (exact) mass is 1110 g/mol. The van der Waals surface area contributed by atoms with Crippen molar-refractivity contribution in [1.82, 2.24) is 46.5 Å². The van der Waals surface area contributed by atoms with Gasteiger partial charge in [-0.15, -0.1) is 11.3 Å². The summed E-state index contributed by atoms with van der Waals surface area (Å²) < 4.78 is 26.1. The summed E-state index contributed by atoms with van der Waals surface area (Å²) in [5, 5.41) is 39.5. The van der Waals surface area contributed by atoms with Gasteiger partial charge in [0.15, 0.2) is 23.7 Å². The van der Waals surface area contributed by atoms with E-state index in [9.17, 15) is 48.2 Å². The van der Waals surface area contributed by atoms with Crippen LogP contribution in [0.1, 0.15) is 121 Å². The highest BCUT2D eigenvalue weighted by atomic mass is 32.1. The molecular weight excluding hydrogens is 1040 g/mol. The van der Waals surface area contributed by atoms with E-state index in [-0.39, 0.29) is 105 Å². The van der Waals surface area contributed by atoms with Gasteiger partial charge in [0.2, 0.25) is 17.7 Å². The molecule has 7 amide bonds. The second kappa shape index (κ2) is 24.9. The van der Waals surface area contributed by atoms with Crippen LogP contribution in [-0.4, -0.2) is 135 Å². The summed E-state index contributed by atoms with van der Waals surface area (Å²) >= 11 is 1.44. The van der Waals surface area contributed by atoms with E-state index in [0.717, 1.165) is 34.5 Å². The average Bonchev–Trinajstić information content (AvgIpc) is 3.91. The van der Waals surface area contributed by atoms with E-state index in [0.29, 0.717) is 42.7 Å². The molecular formula is C57H68FN9O11S. The first-order valence-corrected chi connectivity index (χ1v) is 27.5. The van der Waals surface area contributed by atoms with Crippen molar-refractivity contribution in [3.05, 3.63) is 106 Å². The molecule has 420 valence electrons. The molecule has 3 aromatic carbocycles. The SMILES string of the molecule is Cc1ncsc1-c1ccc(CNC(=O)[C@@H]2C[C@@H](O)CN2C(=O)[C@@H](NC(=O)C2(F)CC2)C(C)(C)C)c(OCC(=O)NCCCCCC(=O)NCCN(C)C(=O)c2ccc(-c3cc(C(=O)N[C@@H]4CCc5ccccc54)no3)cc2O)c1. The quantitative estimate of drug-likeness (QED) is 0.0402. The maximum Gasteiger partial charge on any atom is 0.273 e. The number of amides is 7. The number of likely N-dealkylation sites (tertiary alicyclic amines) is 1. The number of carbonyl (C=O) groups is 7. The van der Waals surface area contributed by atoms with Crippen LogP contribution in [0.5, 0.6) is 11.5 Å². The fourth-order valence-electron chi connectivity index (χ4n) is 9.66. The number of aryl methyl sites for hydroxylation is 2. The first-order chi connectivity index (χ1) is 37.7. The molecule has 5 aromatic rings. The number of halogens is 1. The third kappa shape index (κ3) is 14.3. The van der Waals surface area contributed by atoms with Crippen molar-refractivity contribution >= 4 is 52.7 Å². The number of nitrogens with zero attached hydrogens (tertiary/aromatic N) is 4. The number of thiazole rings is 1. The van der Waals surface area contributed by atoms with Crippen LogP contribution in [-0.2, 0) is 36.9 Å². The number of unbranched alkanes of at least 4 members (excludes halogenated alkanes) is 2. The van der Waals surface area contributed by atoms with Crippen LogP contribution < -0.4 is 31.3 Å². The van der Waals surface area contributed by atoms with Gasteiger partial charge in [-0.1, -0.05) is 74.8 Å². The van der Waals surface area contributed by atoms with Crippen LogP contribution in [0.4, 0.5) is 4.39 Å². The lowest BCUT2D eigenvalue weighted by Crippen LogP contribution is -2.59. The zero-order chi connectivity index (χ0) is 56.6.